The summed E-state index contributed by atoms with van der Waals surface area (Å²) in [6, 6.07) is 8.20. The molecular formula is C14H19NO2S. The number of hydrogen-bond acceptors (Lipinski definition) is 4. The largest absolute Gasteiger partial charge is 0.492 e. The van der Waals surface area contributed by atoms with E-state index in [9.17, 15) is 0 Å². The third-order valence-electron chi connectivity index (χ3n) is 3.62. The van der Waals surface area contributed by atoms with Crippen molar-refractivity contribution in [3.63, 3.8) is 0 Å². The van der Waals surface area contributed by atoms with Crippen LogP contribution in [0.5, 0.6) is 5.75 Å². The molecule has 1 aromatic rings. The highest BCUT2D eigenvalue weighted by Crippen LogP contribution is 2.38. The number of thioether (sulfide) groups is 1. The minimum Gasteiger partial charge on any atom is -0.492 e. The molecule has 3 nitrogen and oxygen atoms in total. The quantitative estimate of drug-likeness (QED) is 0.891. The number of rotatable bonds is 2. The zero-order chi connectivity index (χ0) is 12.4. The fourth-order valence-corrected chi connectivity index (χ4v) is 3.97. The third kappa shape index (κ3) is 2.51. The Bertz CT molecular complexity index is 407. The van der Waals surface area contributed by atoms with E-state index in [0.717, 1.165) is 44.0 Å². The minimum atomic E-state index is 0.0859. The van der Waals surface area contributed by atoms with Crippen LogP contribution in [0, 0.1) is 0 Å². The van der Waals surface area contributed by atoms with E-state index in [4.69, 9.17) is 15.2 Å². The Balaban J connectivity index is 1.68. The van der Waals surface area contributed by atoms with Crippen LogP contribution in [0.1, 0.15) is 24.4 Å². The maximum Gasteiger partial charge on any atom is 0.124 e. The van der Waals surface area contributed by atoms with Gasteiger partial charge < -0.3 is 15.2 Å². The van der Waals surface area contributed by atoms with E-state index < -0.39 is 0 Å². The smallest absolute Gasteiger partial charge is 0.124 e. The van der Waals surface area contributed by atoms with Crippen LogP contribution in [-0.2, 0) is 4.74 Å². The first-order valence-corrected chi connectivity index (χ1v) is 7.49. The van der Waals surface area contributed by atoms with Gasteiger partial charge >= 0.3 is 0 Å². The Morgan fingerprint density at radius 2 is 1.94 bits per heavy atom. The molecule has 1 fully saturated rings. The molecule has 0 radical (unpaired) electrons. The molecule has 0 aromatic heterocycles. The van der Waals surface area contributed by atoms with Gasteiger partial charge in [-0.15, -0.1) is 11.8 Å². The average Bonchev–Trinajstić information content (AvgIpc) is 2.43. The number of nitrogens with two attached hydrogens (primary N) is 1. The second-order valence-corrected chi connectivity index (χ2v) is 6.41. The lowest BCUT2D eigenvalue weighted by Gasteiger charge is -2.34. The minimum absolute atomic E-state index is 0.0859. The van der Waals surface area contributed by atoms with Crippen molar-refractivity contribution in [2.24, 2.45) is 5.73 Å². The van der Waals surface area contributed by atoms with Crippen LogP contribution >= 0.6 is 11.8 Å². The van der Waals surface area contributed by atoms with Crippen molar-refractivity contribution < 1.29 is 9.47 Å². The highest BCUT2D eigenvalue weighted by Gasteiger charge is 2.30. The first-order valence-electron chi connectivity index (χ1n) is 6.55. The van der Waals surface area contributed by atoms with Crippen molar-refractivity contribution in [3.8, 4) is 5.75 Å². The molecule has 1 saturated heterocycles. The van der Waals surface area contributed by atoms with Gasteiger partial charge in [-0.2, -0.15) is 0 Å². The highest BCUT2D eigenvalue weighted by atomic mass is 32.2. The van der Waals surface area contributed by atoms with Gasteiger partial charge in [-0.3, -0.25) is 0 Å². The number of ether oxygens (including phenoxy) is 2. The van der Waals surface area contributed by atoms with Gasteiger partial charge in [0.1, 0.15) is 12.4 Å². The van der Waals surface area contributed by atoms with Crippen LogP contribution in [0.25, 0.3) is 0 Å². The molecule has 0 amide bonds. The van der Waals surface area contributed by atoms with Crippen molar-refractivity contribution in [2.45, 2.75) is 29.4 Å². The van der Waals surface area contributed by atoms with Crippen LogP contribution < -0.4 is 10.5 Å². The Morgan fingerprint density at radius 1 is 1.17 bits per heavy atom. The van der Waals surface area contributed by atoms with E-state index in [2.05, 4.69) is 6.07 Å². The molecule has 2 N–H and O–H groups in total. The summed E-state index contributed by atoms with van der Waals surface area (Å²) < 4.78 is 11.2. The number of benzene rings is 1. The van der Waals surface area contributed by atoms with Crippen molar-refractivity contribution in [3.05, 3.63) is 29.8 Å². The molecule has 0 saturated carbocycles. The molecule has 0 bridgehead atoms. The monoisotopic (exact) mass is 265 g/mol. The van der Waals surface area contributed by atoms with Crippen LogP contribution in [0.15, 0.2) is 24.3 Å². The number of fused-ring (bicyclic) bond motifs is 1. The van der Waals surface area contributed by atoms with Crippen molar-refractivity contribution >= 4 is 11.8 Å². The van der Waals surface area contributed by atoms with Crippen LogP contribution in [0.2, 0.25) is 0 Å². The van der Waals surface area contributed by atoms with Crippen LogP contribution in [0.3, 0.4) is 0 Å². The summed E-state index contributed by atoms with van der Waals surface area (Å²) in [5.41, 5.74) is 7.52. The van der Waals surface area contributed by atoms with Crippen molar-refractivity contribution in [2.75, 3.05) is 19.8 Å². The van der Waals surface area contributed by atoms with Gasteiger partial charge in [0.15, 0.2) is 0 Å². The summed E-state index contributed by atoms with van der Waals surface area (Å²) in [4.78, 5) is 0. The van der Waals surface area contributed by atoms with Crippen molar-refractivity contribution in [1.82, 2.24) is 0 Å². The van der Waals surface area contributed by atoms with E-state index in [1.54, 1.807) is 0 Å². The van der Waals surface area contributed by atoms with Gasteiger partial charge in [0.25, 0.3) is 0 Å². The van der Waals surface area contributed by atoms with E-state index in [0.29, 0.717) is 10.5 Å². The lowest BCUT2D eigenvalue weighted by Crippen LogP contribution is -2.36. The van der Waals surface area contributed by atoms with E-state index >= 15 is 0 Å². The molecule has 2 heterocycles. The number of hydrogen-bond donors (Lipinski definition) is 1. The molecule has 0 aliphatic carbocycles. The predicted molar refractivity (Wildman–Crippen MR) is 74.1 cm³/mol. The van der Waals surface area contributed by atoms with Gasteiger partial charge in [-0.1, -0.05) is 18.2 Å². The van der Waals surface area contributed by atoms with Crippen molar-refractivity contribution in [1.29, 1.82) is 0 Å². The van der Waals surface area contributed by atoms with Gasteiger partial charge in [0.2, 0.25) is 0 Å². The summed E-state index contributed by atoms with van der Waals surface area (Å²) >= 11 is 1.98. The Labute approximate surface area is 112 Å². The molecule has 0 spiro atoms. The zero-order valence-electron chi connectivity index (χ0n) is 10.4. The van der Waals surface area contributed by atoms with E-state index in [1.165, 1.54) is 0 Å². The maximum atomic E-state index is 6.38. The Morgan fingerprint density at radius 3 is 2.78 bits per heavy atom. The summed E-state index contributed by atoms with van der Waals surface area (Å²) in [5, 5.41) is 1.03. The maximum absolute atomic E-state index is 6.38. The van der Waals surface area contributed by atoms with E-state index in [1.807, 2.05) is 30.0 Å². The second-order valence-electron chi connectivity index (χ2n) is 4.86. The molecule has 18 heavy (non-hydrogen) atoms. The summed E-state index contributed by atoms with van der Waals surface area (Å²) in [5.74, 6) is 0.953. The zero-order valence-corrected chi connectivity index (χ0v) is 11.2. The third-order valence-corrected chi connectivity index (χ3v) is 5.25. The topological polar surface area (TPSA) is 44.5 Å². The fraction of sp³-hybridized carbons (Fsp3) is 0.571. The standard InChI is InChI=1S/C14H19NO2S/c15-14-11-3-1-2-4-12(11)17-9-13(14)18-10-5-7-16-8-6-10/h1-4,10,13-14H,5-9,15H2. The molecule has 98 valence electrons. The summed E-state index contributed by atoms with van der Waals surface area (Å²) in [6.07, 6.45) is 2.27. The molecule has 2 aliphatic heterocycles. The van der Waals surface area contributed by atoms with E-state index in [-0.39, 0.29) is 6.04 Å². The fourth-order valence-electron chi connectivity index (χ4n) is 2.55. The van der Waals surface area contributed by atoms with Gasteiger partial charge in [0.05, 0.1) is 5.25 Å². The Hall–Kier alpha value is -0.710. The molecule has 2 aliphatic rings. The summed E-state index contributed by atoms with van der Waals surface area (Å²) in [6.45, 7) is 2.49. The molecule has 3 rings (SSSR count). The molecule has 4 heteroatoms. The van der Waals surface area contributed by atoms with Gasteiger partial charge in [-0.05, 0) is 18.9 Å². The number of para-hydroxylation sites is 1. The summed E-state index contributed by atoms with van der Waals surface area (Å²) in [7, 11) is 0. The van der Waals surface area contributed by atoms with Crippen LogP contribution in [0.4, 0.5) is 0 Å². The lowest BCUT2D eigenvalue weighted by molar-refractivity contribution is 0.0997. The first-order chi connectivity index (χ1) is 8.84. The molecule has 1 aromatic carbocycles. The van der Waals surface area contributed by atoms with Crippen LogP contribution in [-0.4, -0.2) is 30.3 Å². The molecule has 2 unspecified atom stereocenters. The lowest BCUT2D eigenvalue weighted by atomic mass is 10.0. The van der Waals surface area contributed by atoms with Gasteiger partial charge in [-0.25, -0.2) is 0 Å². The molecular weight excluding hydrogens is 246 g/mol. The average molecular weight is 265 g/mol. The predicted octanol–water partition coefficient (Wildman–Crippen LogP) is 2.36. The highest BCUT2D eigenvalue weighted by molar-refractivity contribution is 8.00. The van der Waals surface area contributed by atoms with Gasteiger partial charge in [0, 0.05) is 30.1 Å². The SMILES string of the molecule is NC1c2ccccc2OCC1SC1CCOCC1. The second kappa shape index (κ2) is 5.51. The normalized spacial score (nSPS) is 28.5. The molecule has 2 atom stereocenters. The first kappa shape index (κ1) is 12.3. The Kier molecular flexibility index (Phi) is 3.77.